The number of benzene rings is 1. The minimum Gasteiger partial charge on any atom is -0.493 e. The van der Waals surface area contributed by atoms with Gasteiger partial charge in [-0.3, -0.25) is 9.69 Å². The monoisotopic (exact) mass is 358 g/mol. The van der Waals surface area contributed by atoms with Gasteiger partial charge in [0.05, 0.1) is 14.2 Å². The Hall–Kier alpha value is -1.75. The topological polar surface area (TPSA) is 42.0 Å². The summed E-state index contributed by atoms with van der Waals surface area (Å²) in [4.78, 5) is 17.3. The van der Waals surface area contributed by atoms with E-state index in [1.54, 1.807) is 14.2 Å². The van der Waals surface area contributed by atoms with E-state index in [2.05, 4.69) is 21.9 Å². The van der Waals surface area contributed by atoms with Crippen LogP contribution in [0.2, 0.25) is 0 Å². The summed E-state index contributed by atoms with van der Waals surface area (Å²) in [5.41, 5.74) is 2.69. The molecule has 1 saturated heterocycles. The molecule has 1 aliphatic carbocycles. The van der Waals surface area contributed by atoms with E-state index in [9.17, 15) is 4.79 Å². The molecule has 1 unspecified atom stereocenters. The Balaban J connectivity index is 1.45. The number of carbonyl (C=O) groups is 1. The van der Waals surface area contributed by atoms with Gasteiger partial charge in [-0.05, 0) is 55.4 Å². The molecule has 3 aliphatic rings. The maximum Gasteiger partial charge on any atom is 0.225 e. The van der Waals surface area contributed by atoms with Gasteiger partial charge in [0.2, 0.25) is 5.91 Å². The molecule has 0 aromatic heterocycles. The summed E-state index contributed by atoms with van der Waals surface area (Å²) in [6.45, 7) is 3.84. The van der Waals surface area contributed by atoms with Gasteiger partial charge in [-0.2, -0.15) is 0 Å². The second kappa shape index (κ2) is 7.47. The van der Waals surface area contributed by atoms with Gasteiger partial charge >= 0.3 is 0 Å². The summed E-state index contributed by atoms with van der Waals surface area (Å²) in [5, 5.41) is 0. The highest BCUT2D eigenvalue weighted by Crippen LogP contribution is 2.35. The Bertz CT molecular complexity index is 671. The van der Waals surface area contributed by atoms with Crippen LogP contribution in [0.4, 0.5) is 0 Å². The van der Waals surface area contributed by atoms with Crippen molar-refractivity contribution >= 4 is 5.91 Å². The molecule has 1 amide bonds. The lowest BCUT2D eigenvalue weighted by Crippen LogP contribution is -2.52. The van der Waals surface area contributed by atoms with Gasteiger partial charge in [-0.25, -0.2) is 0 Å². The highest BCUT2D eigenvalue weighted by molar-refractivity contribution is 5.79. The summed E-state index contributed by atoms with van der Waals surface area (Å²) in [6.07, 6.45) is 6.76. The van der Waals surface area contributed by atoms with E-state index in [-0.39, 0.29) is 0 Å². The lowest BCUT2D eigenvalue weighted by molar-refractivity contribution is -0.140. The highest BCUT2D eigenvalue weighted by Gasteiger charge is 2.34. The van der Waals surface area contributed by atoms with Crippen molar-refractivity contribution in [2.24, 2.45) is 5.92 Å². The first-order valence-corrected chi connectivity index (χ1v) is 9.96. The van der Waals surface area contributed by atoms with Gasteiger partial charge in [0, 0.05) is 38.1 Å². The number of hydrogen-bond acceptors (Lipinski definition) is 4. The Morgan fingerprint density at radius 1 is 1.00 bits per heavy atom. The number of nitrogens with zero attached hydrogens (tertiary/aromatic N) is 2. The van der Waals surface area contributed by atoms with E-state index < -0.39 is 0 Å². The van der Waals surface area contributed by atoms with Gasteiger partial charge in [0.15, 0.2) is 11.5 Å². The van der Waals surface area contributed by atoms with Crippen LogP contribution in [0.15, 0.2) is 12.1 Å². The molecule has 0 N–H and O–H groups in total. The van der Waals surface area contributed by atoms with Crippen LogP contribution in [0.1, 0.15) is 43.2 Å². The maximum absolute atomic E-state index is 12.6. The minimum atomic E-state index is 0.313. The number of ether oxygens (including phenoxy) is 2. The number of hydrogen-bond donors (Lipinski definition) is 0. The largest absolute Gasteiger partial charge is 0.493 e. The van der Waals surface area contributed by atoms with Crippen LogP contribution < -0.4 is 9.47 Å². The van der Waals surface area contributed by atoms with Crippen LogP contribution in [0.5, 0.6) is 11.5 Å². The van der Waals surface area contributed by atoms with Crippen molar-refractivity contribution in [3.05, 3.63) is 23.3 Å². The minimum absolute atomic E-state index is 0.313. The standard InChI is InChI=1S/C21H30N2O3/c1-25-19-11-16-8-10-22(13-17(16)12-20(19)26-2)18-7-4-9-23(14-18)21(24)15-5-3-6-15/h11-12,15,18H,3-10,13-14H2,1-2H3. The van der Waals surface area contributed by atoms with Crippen LogP contribution in [-0.4, -0.2) is 55.6 Å². The van der Waals surface area contributed by atoms with Gasteiger partial charge in [0.25, 0.3) is 0 Å². The highest BCUT2D eigenvalue weighted by atomic mass is 16.5. The predicted molar refractivity (Wildman–Crippen MR) is 101 cm³/mol. The van der Waals surface area contributed by atoms with Crippen molar-refractivity contribution in [3.8, 4) is 11.5 Å². The molecule has 5 heteroatoms. The summed E-state index contributed by atoms with van der Waals surface area (Å²) < 4.78 is 10.9. The van der Waals surface area contributed by atoms with Crippen molar-refractivity contribution in [2.75, 3.05) is 33.9 Å². The number of fused-ring (bicyclic) bond motifs is 1. The van der Waals surface area contributed by atoms with Crippen LogP contribution in [0, 0.1) is 5.92 Å². The lowest BCUT2D eigenvalue weighted by atomic mass is 9.83. The number of amides is 1. The summed E-state index contributed by atoms with van der Waals surface area (Å²) in [5.74, 6) is 2.34. The molecule has 0 radical (unpaired) electrons. The van der Waals surface area contributed by atoms with E-state index in [1.165, 1.54) is 24.0 Å². The van der Waals surface area contributed by atoms with Crippen molar-refractivity contribution in [1.29, 1.82) is 0 Å². The first-order chi connectivity index (χ1) is 12.7. The van der Waals surface area contributed by atoms with E-state index >= 15 is 0 Å². The molecule has 4 rings (SSSR count). The van der Waals surface area contributed by atoms with Crippen molar-refractivity contribution in [2.45, 2.75) is 51.1 Å². The zero-order valence-corrected chi connectivity index (χ0v) is 16.0. The lowest BCUT2D eigenvalue weighted by Gasteiger charge is -2.43. The third kappa shape index (κ3) is 3.29. The number of piperidine rings is 1. The quantitative estimate of drug-likeness (QED) is 0.830. The average molecular weight is 358 g/mol. The molecule has 5 nitrogen and oxygen atoms in total. The molecule has 1 atom stereocenters. The SMILES string of the molecule is COc1cc2c(cc1OC)CN(C1CCCN(C(=O)C3CCC3)C1)CC2. The molecule has 2 fully saturated rings. The van der Waals surface area contributed by atoms with Crippen molar-refractivity contribution in [1.82, 2.24) is 9.80 Å². The third-order valence-corrected chi connectivity index (χ3v) is 6.43. The molecule has 26 heavy (non-hydrogen) atoms. The van der Waals surface area contributed by atoms with Crippen molar-refractivity contribution < 1.29 is 14.3 Å². The van der Waals surface area contributed by atoms with Crippen LogP contribution in [0.3, 0.4) is 0 Å². The van der Waals surface area contributed by atoms with Crippen LogP contribution in [0.25, 0.3) is 0 Å². The summed E-state index contributed by atoms with van der Waals surface area (Å²) in [7, 11) is 3.38. The van der Waals surface area contributed by atoms with Gasteiger partial charge in [0.1, 0.15) is 0 Å². The zero-order chi connectivity index (χ0) is 18.1. The Labute approximate surface area is 156 Å². The summed E-state index contributed by atoms with van der Waals surface area (Å²) >= 11 is 0. The molecular weight excluding hydrogens is 328 g/mol. The Morgan fingerprint density at radius 2 is 1.73 bits per heavy atom. The molecule has 0 spiro atoms. The number of carbonyl (C=O) groups excluding carboxylic acids is 1. The fourth-order valence-electron chi connectivity index (χ4n) is 4.58. The van der Waals surface area contributed by atoms with E-state index in [0.717, 1.165) is 63.4 Å². The molecule has 0 bridgehead atoms. The molecule has 1 aromatic carbocycles. The van der Waals surface area contributed by atoms with Crippen LogP contribution in [-0.2, 0) is 17.8 Å². The van der Waals surface area contributed by atoms with Gasteiger partial charge < -0.3 is 14.4 Å². The van der Waals surface area contributed by atoms with E-state index in [0.29, 0.717) is 17.9 Å². The zero-order valence-electron chi connectivity index (χ0n) is 16.0. The molecule has 142 valence electrons. The third-order valence-electron chi connectivity index (χ3n) is 6.43. The first kappa shape index (κ1) is 17.7. The molecule has 2 aliphatic heterocycles. The smallest absolute Gasteiger partial charge is 0.225 e. The van der Waals surface area contributed by atoms with Gasteiger partial charge in [-0.15, -0.1) is 0 Å². The fourth-order valence-corrected chi connectivity index (χ4v) is 4.58. The molecular formula is C21H30N2O3. The Kier molecular flexibility index (Phi) is 5.07. The normalized spacial score (nSPS) is 23.9. The number of likely N-dealkylation sites (tertiary alicyclic amines) is 1. The van der Waals surface area contributed by atoms with Crippen molar-refractivity contribution in [3.63, 3.8) is 0 Å². The Morgan fingerprint density at radius 3 is 2.38 bits per heavy atom. The second-order valence-electron chi connectivity index (χ2n) is 7.90. The fraction of sp³-hybridized carbons (Fsp3) is 0.667. The average Bonchev–Trinajstić information content (AvgIpc) is 2.65. The van der Waals surface area contributed by atoms with Crippen LogP contribution >= 0.6 is 0 Å². The number of methoxy groups -OCH3 is 2. The molecule has 1 aromatic rings. The second-order valence-corrected chi connectivity index (χ2v) is 7.90. The molecule has 2 heterocycles. The van der Waals surface area contributed by atoms with E-state index in [1.807, 2.05) is 0 Å². The number of rotatable bonds is 4. The molecule has 1 saturated carbocycles. The van der Waals surface area contributed by atoms with E-state index in [4.69, 9.17) is 9.47 Å². The van der Waals surface area contributed by atoms with Gasteiger partial charge in [-0.1, -0.05) is 6.42 Å². The first-order valence-electron chi connectivity index (χ1n) is 9.96. The maximum atomic E-state index is 12.6. The predicted octanol–water partition coefficient (Wildman–Crippen LogP) is 2.85. The summed E-state index contributed by atoms with van der Waals surface area (Å²) in [6, 6.07) is 4.73.